The third-order valence-electron chi connectivity index (χ3n) is 4.81. The molecule has 1 heterocycles. The third kappa shape index (κ3) is 4.91. The van der Waals surface area contributed by atoms with E-state index in [1.807, 2.05) is 0 Å². The van der Waals surface area contributed by atoms with Gasteiger partial charge < -0.3 is 5.32 Å². The van der Waals surface area contributed by atoms with Crippen LogP contribution in [0.3, 0.4) is 0 Å². The van der Waals surface area contributed by atoms with Crippen LogP contribution in [0.15, 0.2) is 35.4 Å². The number of carbonyl (C=O) groups excluding carboxylic acids is 1. The Morgan fingerprint density at radius 2 is 1.86 bits per heavy atom. The number of carbonyl (C=O) groups is 1. The summed E-state index contributed by atoms with van der Waals surface area (Å²) in [6.45, 7) is 0. The summed E-state index contributed by atoms with van der Waals surface area (Å²) in [5.41, 5.74) is 0.514. The molecule has 1 N–H and O–H groups in total. The zero-order valence-electron chi connectivity index (χ0n) is 14.9. The number of halogens is 3. The molecule has 1 aliphatic carbocycles. The molecular weight excluding hydrogens is 413 g/mol. The largest absolute Gasteiger partial charge is 0.301 e. The first-order valence-electron chi connectivity index (χ1n) is 8.64. The van der Waals surface area contributed by atoms with Gasteiger partial charge in [-0.3, -0.25) is 4.79 Å². The van der Waals surface area contributed by atoms with Gasteiger partial charge in [0.2, 0.25) is 5.91 Å². The highest BCUT2D eigenvalue weighted by Gasteiger charge is 2.37. The van der Waals surface area contributed by atoms with Gasteiger partial charge in [0.15, 0.2) is 20.1 Å². The van der Waals surface area contributed by atoms with E-state index in [1.165, 1.54) is 24.3 Å². The molecular formula is C18H19F3N2O3S2. The average molecular weight is 432 g/mol. The molecule has 0 aliphatic heterocycles. The lowest BCUT2D eigenvalue weighted by Crippen LogP contribution is -2.23. The maximum atomic E-state index is 13.6. The fraction of sp³-hybridized carbons (Fsp3) is 0.444. The second-order valence-corrected chi connectivity index (χ2v) is 9.95. The summed E-state index contributed by atoms with van der Waals surface area (Å²) in [5.74, 6) is -1.59. The van der Waals surface area contributed by atoms with Crippen LogP contribution in [0.4, 0.5) is 18.3 Å². The normalized spacial score (nSPS) is 23.5. The molecule has 28 heavy (non-hydrogen) atoms. The van der Waals surface area contributed by atoms with Crippen molar-refractivity contribution in [3.05, 3.63) is 41.2 Å². The first kappa shape index (κ1) is 20.8. The second-order valence-electron chi connectivity index (χ2n) is 6.96. The van der Waals surface area contributed by atoms with E-state index in [-0.39, 0.29) is 35.2 Å². The van der Waals surface area contributed by atoms with Gasteiger partial charge in [0.1, 0.15) is 12.3 Å². The van der Waals surface area contributed by atoms with Gasteiger partial charge >= 0.3 is 0 Å². The molecule has 0 radical (unpaired) electrons. The van der Waals surface area contributed by atoms with Crippen LogP contribution >= 0.6 is 11.3 Å². The number of benzene rings is 1. The summed E-state index contributed by atoms with van der Waals surface area (Å²) in [4.78, 5) is 16.6. The third-order valence-corrected chi connectivity index (χ3v) is 6.64. The second kappa shape index (κ2) is 8.20. The predicted octanol–water partition coefficient (Wildman–Crippen LogP) is 3.88. The molecule has 1 saturated carbocycles. The van der Waals surface area contributed by atoms with Crippen LogP contribution < -0.4 is 5.32 Å². The first-order chi connectivity index (χ1) is 13.1. The monoisotopic (exact) mass is 432 g/mol. The summed E-state index contributed by atoms with van der Waals surface area (Å²) < 4.78 is 63.5. The number of amides is 1. The minimum atomic E-state index is -3.40. The number of nitrogens with one attached hydrogen (secondary N) is 1. The van der Waals surface area contributed by atoms with E-state index >= 15 is 0 Å². The Kier molecular flexibility index (Phi) is 6.09. The number of aromatic nitrogens is 1. The zero-order valence-corrected chi connectivity index (χ0v) is 16.6. The fourth-order valence-corrected chi connectivity index (χ4v) is 4.58. The summed E-state index contributed by atoms with van der Waals surface area (Å²) in [7, 11) is -3.40. The Hall–Kier alpha value is -1.94. The van der Waals surface area contributed by atoms with E-state index in [1.54, 1.807) is 0 Å². The summed E-state index contributed by atoms with van der Waals surface area (Å²) >= 11 is 0.669. The molecule has 1 aromatic carbocycles. The number of thiazole rings is 1. The molecule has 0 bridgehead atoms. The molecule has 3 rings (SSSR count). The van der Waals surface area contributed by atoms with Crippen LogP contribution in [-0.2, 0) is 14.6 Å². The van der Waals surface area contributed by atoms with Crippen LogP contribution in [-0.4, -0.2) is 37.9 Å². The van der Waals surface area contributed by atoms with E-state index in [2.05, 4.69) is 10.3 Å². The lowest BCUT2D eigenvalue weighted by Gasteiger charge is -2.20. The highest BCUT2D eigenvalue weighted by atomic mass is 32.2. The Morgan fingerprint density at radius 3 is 2.36 bits per heavy atom. The smallest absolute Gasteiger partial charge is 0.233 e. The molecule has 4 atom stereocenters. The Labute approximate surface area is 164 Å². The number of sulfone groups is 1. The molecule has 2 aromatic rings. The molecule has 1 aromatic heterocycles. The number of hydrogen-bond acceptors (Lipinski definition) is 5. The molecule has 5 nitrogen and oxygen atoms in total. The van der Waals surface area contributed by atoms with Gasteiger partial charge in [-0.15, -0.1) is 0 Å². The van der Waals surface area contributed by atoms with Crippen LogP contribution in [0.1, 0.15) is 30.7 Å². The van der Waals surface area contributed by atoms with E-state index in [0.29, 0.717) is 16.9 Å². The van der Waals surface area contributed by atoms with E-state index in [9.17, 15) is 26.4 Å². The van der Waals surface area contributed by atoms with Crippen LogP contribution in [0.25, 0.3) is 0 Å². The van der Waals surface area contributed by atoms with Gasteiger partial charge in [0, 0.05) is 6.26 Å². The molecule has 1 fully saturated rings. The molecule has 0 unspecified atom stereocenters. The first-order valence-corrected chi connectivity index (χ1v) is 11.3. The van der Waals surface area contributed by atoms with E-state index < -0.39 is 39.1 Å². The molecule has 10 heteroatoms. The average Bonchev–Trinajstić information content (AvgIpc) is 3.17. The minimum absolute atomic E-state index is 0.0260. The van der Waals surface area contributed by atoms with Gasteiger partial charge in [0.05, 0.1) is 17.0 Å². The molecule has 0 saturated heterocycles. The minimum Gasteiger partial charge on any atom is -0.301 e. The Morgan fingerprint density at radius 1 is 1.25 bits per heavy atom. The fourth-order valence-electron chi connectivity index (χ4n) is 3.40. The van der Waals surface area contributed by atoms with Crippen LogP contribution in [0.2, 0.25) is 0 Å². The van der Waals surface area contributed by atoms with Gasteiger partial charge in [-0.2, -0.15) is 4.39 Å². The number of rotatable bonds is 6. The highest BCUT2D eigenvalue weighted by molar-refractivity contribution is 7.90. The lowest BCUT2D eigenvalue weighted by molar-refractivity contribution is -0.118. The van der Waals surface area contributed by atoms with Gasteiger partial charge in [0.25, 0.3) is 0 Å². The molecule has 1 amide bonds. The van der Waals surface area contributed by atoms with E-state index in [0.717, 1.165) is 12.5 Å². The standard InChI is InChI=1S/C18H19F3N2O3S2/c1-28(25,26)12-4-2-11(3-5-12)13(6-10-7-14(19)15(20)8-10)17(24)23-18-22-9-16(21)27-18/h2-5,9-10,13-15H,6-8H2,1H3,(H,22,23,24)/t10-,13-,14+,15-/m1/s1. The van der Waals surface area contributed by atoms with Crippen molar-refractivity contribution in [2.75, 3.05) is 11.6 Å². The molecule has 1 aliphatic rings. The number of anilines is 1. The van der Waals surface area contributed by atoms with Crippen molar-refractivity contribution in [1.29, 1.82) is 0 Å². The maximum absolute atomic E-state index is 13.6. The lowest BCUT2D eigenvalue weighted by atomic mass is 9.87. The van der Waals surface area contributed by atoms with Gasteiger partial charge in [-0.1, -0.05) is 23.5 Å². The number of alkyl halides is 2. The van der Waals surface area contributed by atoms with Crippen molar-refractivity contribution in [2.45, 2.75) is 42.4 Å². The van der Waals surface area contributed by atoms with Crippen molar-refractivity contribution < 1.29 is 26.4 Å². The Balaban J connectivity index is 1.84. The van der Waals surface area contributed by atoms with Crippen molar-refractivity contribution >= 4 is 32.2 Å². The SMILES string of the molecule is CS(=O)(=O)c1ccc([C@@H](C[C@H]2C[C@@H](F)[C@@H](F)C2)C(=O)Nc2ncc(F)s2)cc1. The van der Waals surface area contributed by atoms with Crippen molar-refractivity contribution in [3.63, 3.8) is 0 Å². The van der Waals surface area contributed by atoms with Crippen LogP contribution in [0.5, 0.6) is 0 Å². The highest BCUT2D eigenvalue weighted by Crippen LogP contribution is 2.38. The van der Waals surface area contributed by atoms with Crippen molar-refractivity contribution in [2.24, 2.45) is 5.92 Å². The summed E-state index contributed by atoms with van der Waals surface area (Å²) in [6.07, 6.45) is -0.794. The van der Waals surface area contributed by atoms with Crippen molar-refractivity contribution in [3.8, 4) is 0 Å². The quantitative estimate of drug-likeness (QED) is 0.752. The Bertz CT molecular complexity index is 937. The van der Waals surface area contributed by atoms with Gasteiger partial charge in [-0.05, 0) is 42.9 Å². The summed E-state index contributed by atoms with van der Waals surface area (Å²) in [6, 6.07) is 5.80. The summed E-state index contributed by atoms with van der Waals surface area (Å²) in [5, 5.41) is 2.05. The van der Waals surface area contributed by atoms with E-state index in [4.69, 9.17) is 0 Å². The van der Waals surface area contributed by atoms with Crippen LogP contribution in [0, 0.1) is 11.0 Å². The predicted molar refractivity (Wildman–Crippen MR) is 100 cm³/mol. The number of hydrogen-bond donors (Lipinski definition) is 1. The molecule has 0 spiro atoms. The van der Waals surface area contributed by atoms with Gasteiger partial charge in [-0.25, -0.2) is 22.2 Å². The maximum Gasteiger partial charge on any atom is 0.233 e. The number of nitrogens with zero attached hydrogens (tertiary/aromatic N) is 1. The van der Waals surface area contributed by atoms with Crippen molar-refractivity contribution in [1.82, 2.24) is 4.98 Å². The zero-order chi connectivity index (χ0) is 20.5. The topological polar surface area (TPSA) is 76.1 Å². The molecule has 152 valence electrons.